The van der Waals surface area contributed by atoms with Gasteiger partial charge < -0.3 is 19.2 Å². The number of halogens is 1. The Kier molecular flexibility index (Phi) is 5.69. The Morgan fingerprint density at radius 3 is 2.84 bits per heavy atom. The number of epoxide rings is 1. The third kappa shape index (κ3) is 4.14. The molecule has 0 saturated carbocycles. The van der Waals surface area contributed by atoms with Gasteiger partial charge in [0, 0.05) is 28.2 Å². The number of hydrogen-bond donors (Lipinski definition) is 1. The number of carbonyl (C=O) groups is 1. The normalized spacial score (nSPS) is 19.1. The molecule has 1 N–H and O–H groups in total. The Bertz CT molecular complexity index is 1200. The summed E-state index contributed by atoms with van der Waals surface area (Å²) in [5.74, 6) is 6.31. The van der Waals surface area contributed by atoms with Gasteiger partial charge in [-0.2, -0.15) is 0 Å². The first-order chi connectivity index (χ1) is 15.6. The van der Waals surface area contributed by atoms with E-state index in [1.807, 2.05) is 42.5 Å². The Hall–Kier alpha value is -3.14. The third-order valence-corrected chi connectivity index (χ3v) is 6.04. The van der Waals surface area contributed by atoms with E-state index in [4.69, 9.17) is 25.8 Å². The van der Waals surface area contributed by atoms with Crippen LogP contribution in [0.25, 0.3) is 10.9 Å². The minimum atomic E-state index is -0.383. The average Bonchev–Trinajstić information content (AvgIpc) is 3.57. The fourth-order valence-electron chi connectivity index (χ4n) is 4.16. The minimum absolute atomic E-state index is 0.0732. The molecule has 2 aromatic carbocycles. The van der Waals surface area contributed by atoms with Crippen LogP contribution in [-0.2, 0) is 15.9 Å². The van der Waals surface area contributed by atoms with E-state index in [0.717, 1.165) is 34.5 Å². The van der Waals surface area contributed by atoms with Crippen LogP contribution in [0.5, 0.6) is 5.75 Å². The molecule has 0 bridgehead atoms. The van der Waals surface area contributed by atoms with Gasteiger partial charge in [0.15, 0.2) is 6.61 Å². The van der Waals surface area contributed by atoms with Crippen LogP contribution < -0.4 is 4.74 Å². The number of aromatic amines is 1. The highest BCUT2D eigenvalue weighted by atomic mass is 35.5. The Morgan fingerprint density at radius 1 is 1.28 bits per heavy atom. The van der Waals surface area contributed by atoms with E-state index in [9.17, 15) is 4.79 Å². The second-order valence-electron chi connectivity index (χ2n) is 7.87. The van der Waals surface area contributed by atoms with Gasteiger partial charge in [-0.3, -0.25) is 4.90 Å². The number of H-pyrrole nitrogens is 1. The number of nitrogens with zero attached hydrogens (tertiary/aromatic N) is 1. The van der Waals surface area contributed by atoms with E-state index < -0.39 is 0 Å². The molecule has 0 aliphatic carbocycles. The summed E-state index contributed by atoms with van der Waals surface area (Å²) in [6.07, 6.45) is 0.528. The van der Waals surface area contributed by atoms with Gasteiger partial charge in [0.2, 0.25) is 0 Å². The van der Waals surface area contributed by atoms with Crippen LogP contribution in [-0.4, -0.2) is 48.4 Å². The molecule has 1 saturated heterocycles. The number of amides is 1. The molecule has 1 amide bonds. The summed E-state index contributed by atoms with van der Waals surface area (Å²) in [7, 11) is 0. The van der Waals surface area contributed by atoms with Crippen molar-refractivity contribution >= 4 is 28.6 Å². The van der Waals surface area contributed by atoms with E-state index in [2.05, 4.69) is 16.8 Å². The van der Waals surface area contributed by atoms with Crippen LogP contribution >= 0.6 is 11.6 Å². The van der Waals surface area contributed by atoms with Crippen LogP contribution in [0, 0.1) is 11.8 Å². The highest BCUT2D eigenvalue weighted by Gasteiger charge is 2.35. The third-order valence-electron chi connectivity index (χ3n) is 5.80. The van der Waals surface area contributed by atoms with Gasteiger partial charge in [0.1, 0.15) is 24.5 Å². The molecule has 6 nitrogen and oxygen atoms in total. The number of benzene rings is 2. The maximum atomic E-state index is 12.9. The first-order valence-electron chi connectivity index (χ1n) is 10.6. The van der Waals surface area contributed by atoms with E-state index >= 15 is 0 Å². The zero-order valence-electron chi connectivity index (χ0n) is 17.7. The number of fused-ring (bicyclic) bond motifs is 3. The standard InChI is InChI=1S/C25H23ClN2O4/c1-2-3-12-30-25(29)28-11-10-20-21-13-17(26)6-9-22(21)27-23(20)24(28)16-4-7-18(8-5-16)31-14-19-15-32-19/h4-9,13,19,24,27H,10-12,14-15H2,1H3. The van der Waals surface area contributed by atoms with Crippen LogP contribution in [0.3, 0.4) is 0 Å². The minimum Gasteiger partial charge on any atom is -0.491 e. The van der Waals surface area contributed by atoms with Crippen molar-refractivity contribution < 1.29 is 19.0 Å². The maximum absolute atomic E-state index is 12.9. The number of hydrogen-bond acceptors (Lipinski definition) is 4. The van der Waals surface area contributed by atoms with Crippen molar-refractivity contribution in [2.75, 3.05) is 26.4 Å². The van der Waals surface area contributed by atoms with Crippen LogP contribution in [0.2, 0.25) is 5.02 Å². The van der Waals surface area contributed by atoms with Crippen molar-refractivity contribution in [2.24, 2.45) is 0 Å². The number of nitrogens with one attached hydrogen (secondary N) is 1. The molecular formula is C25H23ClN2O4. The zero-order valence-corrected chi connectivity index (χ0v) is 18.4. The number of carbonyl (C=O) groups excluding carboxylic acids is 1. The number of aromatic nitrogens is 1. The summed E-state index contributed by atoms with van der Waals surface area (Å²) in [6.45, 7) is 3.63. The molecule has 1 aromatic heterocycles. The van der Waals surface area contributed by atoms with Gasteiger partial charge in [-0.25, -0.2) is 4.79 Å². The van der Waals surface area contributed by atoms with Crippen molar-refractivity contribution in [3.63, 3.8) is 0 Å². The molecule has 1 fully saturated rings. The molecule has 2 unspecified atom stereocenters. The molecule has 3 aromatic rings. The fraction of sp³-hybridized carbons (Fsp3) is 0.320. The molecule has 0 radical (unpaired) electrons. The average molecular weight is 451 g/mol. The molecule has 0 spiro atoms. The first-order valence-corrected chi connectivity index (χ1v) is 11.0. The van der Waals surface area contributed by atoms with Gasteiger partial charge in [-0.1, -0.05) is 29.7 Å². The van der Waals surface area contributed by atoms with E-state index in [-0.39, 0.29) is 24.8 Å². The summed E-state index contributed by atoms with van der Waals surface area (Å²) < 4.78 is 16.4. The monoisotopic (exact) mass is 450 g/mol. The topological polar surface area (TPSA) is 67.1 Å². The molecule has 2 aliphatic rings. The smallest absolute Gasteiger partial charge is 0.411 e. The Morgan fingerprint density at radius 2 is 2.09 bits per heavy atom. The lowest BCUT2D eigenvalue weighted by molar-refractivity contribution is 0.0993. The van der Waals surface area contributed by atoms with Crippen molar-refractivity contribution in [3.8, 4) is 17.6 Å². The summed E-state index contributed by atoms with van der Waals surface area (Å²) in [6, 6.07) is 13.4. The Balaban J connectivity index is 1.50. The molecule has 3 heterocycles. The number of ether oxygens (including phenoxy) is 3. The fourth-order valence-corrected chi connectivity index (χ4v) is 4.33. The lowest BCUT2D eigenvalue weighted by atomic mass is 9.92. The number of rotatable bonds is 5. The van der Waals surface area contributed by atoms with Gasteiger partial charge in [-0.15, -0.1) is 5.92 Å². The van der Waals surface area contributed by atoms with Crippen molar-refractivity contribution in [2.45, 2.75) is 25.5 Å². The molecular weight excluding hydrogens is 428 g/mol. The predicted octanol–water partition coefficient (Wildman–Crippen LogP) is 4.71. The molecule has 2 aliphatic heterocycles. The maximum Gasteiger partial charge on any atom is 0.411 e. The first kappa shape index (κ1) is 20.7. The van der Waals surface area contributed by atoms with Gasteiger partial charge in [-0.05, 0) is 54.8 Å². The van der Waals surface area contributed by atoms with Gasteiger partial charge in [0.05, 0.1) is 6.61 Å². The van der Waals surface area contributed by atoms with Crippen molar-refractivity contribution in [1.82, 2.24) is 9.88 Å². The van der Waals surface area contributed by atoms with E-state index in [1.165, 1.54) is 5.56 Å². The van der Waals surface area contributed by atoms with Crippen molar-refractivity contribution in [1.29, 1.82) is 0 Å². The lowest BCUT2D eigenvalue weighted by Gasteiger charge is -2.35. The summed E-state index contributed by atoms with van der Waals surface area (Å²) in [5, 5.41) is 1.78. The van der Waals surface area contributed by atoms with Crippen LogP contribution in [0.4, 0.5) is 4.79 Å². The van der Waals surface area contributed by atoms with Crippen LogP contribution in [0.15, 0.2) is 42.5 Å². The lowest BCUT2D eigenvalue weighted by Crippen LogP contribution is -2.41. The highest BCUT2D eigenvalue weighted by Crippen LogP contribution is 2.39. The second-order valence-corrected chi connectivity index (χ2v) is 8.31. The van der Waals surface area contributed by atoms with E-state index in [0.29, 0.717) is 24.6 Å². The van der Waals surface area contributed by atoms with Crippen LogP contribution in [0.1, 0.15) is 29.8 Å². The molecule has 32 heavy (non-hydrogen) atoms. The quantitative estimate of drug-likeness (QED) is 0.451. The molecule has 2 atom stereocenters. The van der Waals surface area contributed by atoms with Crippen molar-refractivity contribution in [3.05, 3.63) is 64.3 Å². The SMILES string of the molecule is CC#CCOC(=O)N1CCc2c([nH]c3ccc(Cl)cc23)C1c1ccc(OCC2CO2)cc1. The highest BCUT2D eigenvalue weighted by molar-refractivity contribution is 6.31. The summed E-state index contributed by atoms with van der Waals surface area (Å²) in [5.41, 5.74) is 4.13. The molecule has 5 rings (SSSR count). The summed E-state index contributed by atoms with van der Waals surface area (Å²) >= 11 is 6.26. The zero-order chi connectivity index (χ0) is 22.1. The largest absolute Gasteiger partial charge is 0.491 e. The molecule has 7 heteroatoms. The van der Waals surface area contributed by atoms with Gasteiger partial charge >= 0.3 is 6.09 Å². The Labute approximate surface area is 191 Å². The van der Waals surface area contributed by atoms with Gasteiger partial charge in [0.25, 0.3) is 0 Å². The second kappa shape index (κ2) is 8.78. The van der Waals surface area contributed by atoms with E-state index in [1.54, 1.807) is 11.8 Å². The predicted molar refractivity (Wildman–Crippen MR) is 122 cm³/mol. The summed E-state index contributed by atoms with van der Waals surface area (Å²) in [4.78, 5) is 18.2. The molecule has 164 valence electrons.